The highest BCUT2D eigenvalue weighted by atomic mass is 32.1. The van der Waals surface area contributed by atoms with Gasteiger partial charge in [-0.15, -0.1) is 0 Å². The lowest BCUT2D eigenvalue weighted by Crippen LogP contribution is -2.44. The van der Waals surface area contributed by atoms with Crippen LogP contribution in [-0.4, -0.2) is 42.1 Å². The SMILES string of the molecule is CC(C)(C)OC(=O)NC[C@H]1CCCN(C(=O)c2ccsc2)C1. The fourth-order valence-corrected chi connectivity index (χ4v) is 3.16. The lowest BCUT2D eigenvalue weighted by Gasteiger charge is -2.33. The van der Waals surface area contributed by atoms with E-state index in [0.29, 0.717) is 13.1 Å². The maximum absolute atomic E-state index is 12.4. The first-order chi connectivity index (χ1) is 10.3. The van der Waals surface area contributed by atoms with Crippen molar-refractivity contribution in [1.29, 1.82) is 0 Å². The molecule has 0 aliphatic carbocycles. The van der Waals surface area contributed by atoms with Crippen LogP contribution < -0.4 is 5.32 Å². The summed E-state index contributed by atoms with van der Waals surface area (Å²) in [6.45, 7) is 7.54. The summed E-state index contributed by atoms with van der Waals surface area (Å²) in [6.07, 6.45) is 1.59. The van der Waals surface area contributed by atoms with Crippen LogP contribution in [0.5, 0.6) is 0 Å². The number of nitrogens with one attached hydrogen (secondary N) is 1. The van der Waals surface area contributed by atoms with Gasteiger partial charge in [0.2, 0.25) is 0 Å². The number of thiophene rings is 1. The molecule has 0 saturated carbocycles. The average Bonchev–Trinajstić information content (AvgIpc) is 2.97. The number of nitrogens with zero attached hydrogens (tertiary/aromatic N) is 1. The minimum absolute atomic E-state index is 0.0863. The Morgan fingerprint density at radius 3 is 2.86 bits per heavy atom. The Labute approximate surface area is 135 Å². The van der Waals surface area contributed by atoms with E-state index in [9.17, 15) is 9.59 Å². The van der Waals surface area contributed by atoms with E-state index in [1.54, 1.807) is 0 Å². The molecule has 1 atom stereocenters. The van der Waals surface area contributed by atoms with Crippen LogP contribution in [0.3, 0.4) is 0 Å². The first kappa shape index (κ1) is 16.8. The summed E-state index contributed by atoms with van der Waals surface area (Å²) in [7, 11) is 0. The van der Waals surface area contributed by atoms with Gasteiger partial charge in [-0.05, 0) is 51.0 Å². The molecule has 22 heavy (non-hydrogen) atoms. The Balaban J connectivity index is 1.81. The van der Waals surface area contributed by atoms with Crippen LogP contribution in [0.1, 0.15) is 44.0 Å². The van der Waals surface area contributed by atoms with Gasteiger partial charge in [-0.25, -0.2) is 4.79 Å². The Kier molecular flexibility index (Phi) is 5.45. The second kappa shape index (κ2) is 7.13. The van der Waals surface area contributed by atoms with E-state index >= 15 is 0 Å². The molecule has 6 heteroatoms. The smallest absolute Gasteiger partial charge is 0.407 e. The third kappa shape index (κ3) is 5.02. The van der Waals surface area contributed by atoms with Gasteiger partial charge in [0.1, 0.15) is 5.60 Å². The second-order valence-corrected chi connectivity index (χ2v) is 7.43. The van der Waals surface area contributed by atoms with E-state index in [4.69, 9.17) is 4.74 Å². The van der Waals surface area contributed by atoms with Crippen molar-refractivity contribution >= 4 is 23.3 Å². The molecule has 1 aromatic rings. The number of amides is 2. The van der Waals surface area contributed by atoms with Gasteiger partial charge in [-0.2, -0.15) is 11.3 Å². The number of rotatable bonds is 3. The lowest BCUT2D eigenvalue weighted by molar-refractivity contribution is 0.0502. The molecule has 0 radical (unpaired) electrons. The molecule has 0 bridgehead atoms. The zero-order chi connectivity index (χ0) is 16.2. The summed E-state index contributed by atoms with van der Waals surface area (Å²) < 4.78 is 5.23. The molecule has 2 heterocycles. The third-order valence-electron chi connectivity index (χ3n) is 3.51. The molecule has 5 nitrogen and oxygen atoms in total. The van der Waals surface area contributed by atoms with Crippen molar-refractivity contribution in [2.45, 2.75) is 39.2 Å². The molecule has 1 aliphatic heterocycles. The third-order valence-corrected chi connectivity index (χ3v) is 4.19. The number of likely N-dealkylation sites (tertiary alicyclic amines) is 1. The molecule has 1 aromatic heterocycles. The lowest BCUT2D eigenvalue weighted by atomic mass is 9.97. The molecule has 0 aromatic carbocycles. The highest BCUT2D eigenvalue weighted by molar-refractivity contribution is 7.08. The van der Waals surface area contributed by atoms with Gasteiger partial charge in [0.15, 0.2) is 0 Å². The predicted octanol–water partition coefficient (Wildman–Crippen LogP) is 3.13. The molecule has 1 saturated heterocycles. The van der Waals surface area contributed by atoms with Gasteiger partial charge in [-0.1, -0.05) is 0 Å². The van der Waals surface area contributed by atoms with Crippen molar-refractivity contribution in [2.75, 3.05) is 19.6 Å². The van der Waals surface area contributed by atoms with Gasteiger partial charge in [-0.3, -0.25) is 4.79 Å². The Morgan fingerprint density at radius 2 is 2.23 bits per heavy atom. The minimum atomic E-state index is -0.488. The van der Waals surface area contributed by atoms with Gasteiger partial charge >= 0.3 is 6.09 Å². The summed E-state index contributed by atoms with van der Waals surface area (Å²) >= 11 is 1.53. The molecule has 0 unspecified atom stereocenters. The number of hydrogen-bond donors (Lipinski definition) is 1. The van der Waals surface area contributed by atoms with Crippen LogP contribution in [0.2, 0.25) is 0 Å². The molecule has 0 spiro atoms. The monoisotopic (exact) mass is 324 g/mol. The van der Waals surface area contributed by atoms with Crippen LogP contribution in [0, 0.1) is 5.92 Å². The number of carbonyl (C=O) groups excluding carboxylic acids is 2. The molecular weight excluding hydrogens is 300 g/mol. The Hall–Kier alpha value is -1.56. The molecular formula is C16H24N2O3S. The maximum atomic E-state index is 12.4. The van der Waals surface area contributed by atoms with Crippen LogP contribution in [0.25, 0.3) is 0 Å². The molecule has 2 amide bonds. The molecule has 1 N–H and O–H groups in total. The van der Waals surface area contributed by atoms with Crippen LogP contribution in [0.4, 0.5) is 4.79 Å². The van der Waals surface area contributed by atoms with Crippen molar-refractivity contribution in [1.82, 2.24) is 10.2 Å². The standard InChI is InChI=1S/C16H24N2O3S/c1-16(2,3)21-15(20)17-9-12-5-4-7-18(10-12)14(19)13-6-8-22-11-13/h6,8,11-12H,4-5,7,9-10H2,1-3H3,(H,17,20)/t12-/m1/s1. The van der Waals surface area contributed by atoms with Crippen molar-refractivity contribution in [2.24, 2.45) is 5.92 Å². The molecule has 1 fully saturated rings. The fraction of sp³-hybridized carbons (Fsp3) is 0.625. The van der Waals surface area contributed by atoms with Gasteiger partial charge in [0.25, 0.3) is 5.91 Å². The van der Waals surface area contributed by atoms with Crippen molar-refractivity contribution in [3.63, 3.8) is 0 Å². The summed E-state index contributed by atoms with van der Waals surface area (Å²) in [6, 6.07) is 1.86. The van der Waals surface area contributed by atoms with Gasteiger partial charge in [0, 0.05) is 25.0 Å². The summed E-state index contributed by atoms with van der Waals surface area (Å²) in [5.74, 6) is 0.368. The minimum Gasteiger partial charge on any atom is -0.444 e. The first-order valence-electron chi connectivity index (χ1n) is 7.63. The van der Waals surface area contributed by atoms with Crippen molar-refractivity contribution < 1.29 is 14.3 Å². The van der Waals surface area contributed by atoms with E-state index in [1.807, 2.05) is 42.5 Å². The number of alkyl carbamates (subject to hydrolysis) is 1. The highest BCUT2D eigenvalue weighted by Crippen LogP contribution is 2.19. The fourth-order valence-electron chi connectivity index (χ4n) is 2.53. The molecule has 122 valence electrons. The van der Waals surface area contributed by atoms with Crippen LogP contribution >= 0.6 is 11.3 Å². The van der Waals surface area contributed by atoms with E-state index in [0.717, 1.165) is 24.9 Å². The summed E-state index contributed by atoms with van der Waals surface area (Å²) in [4.78, 5) is 25.9. The number of hydrogen-bond acceptors (Lipinski definition) is 4. The summed E-state index contributed by atoms with van der Waals surface area (Å²) in [5.41, 5.74) is 0.267. The topological polar surface area (TPSA) is 58.6 Å². The van der Waals surface area contributed by atoms with E-state index < -0.39 is 11.7 Å². The zero-order valence-corrected chi connectivity index (χ0v) is 14.2. The van der Waals surface area contributed by atoms with Gasteiger partial charge in [0.05, 0.1) is 5.56 Å². The van der Waals surface area contributed by atoms with Crippen LogP contribution in [-0.2, 0) is 4.74 Å². The van der Waals surface area contributed by atoms with Crippen molar-refractivity contribution in [3.05, 3.63) is 22.4 Å². The Bertz CT molecular complexity index is 508. The second-order valence-electron chi connectivity index (χ2n) is 6.65. The van der Waals surface area contributed by atoms with E-state index in [-0.39, 0.29) is 11.8 Å². The quantitative estimate of drug-likeness (QED) is 0.929. The number of carbonyl (C=O) groups is 2. The predicted molar refractivity (Wildman–Crippen MR) is 87.2 cm³/mol. The summed E-state index contributed by atoms with van der Waals surface area (Å²) in [5, 5.41) is 6.60. The van der Waals surface area contributed by atoms with E-state index in [2.05, 4.69) is 5.32 Å². The van der Waals surface area contributed by atoms with E-state index in [1.165, 1.54) is 11.3 Å². The first-order valence-corrected chi connectivity index (χ1v) is 8.58. The average molecular weight is 324 g/mol. The zero-order valence-electron chi connectivity index (χ0n) is 13.4. The maximum Gasteiger partial charge on any atom is 0.407 e. The Morgan fingerprint density at radius 1 is 1.45 bits per heavy atom. The normalized spacial score (nSPS) is 18.9. The van der Waals surface area contributed by atoms with Crippen molar-refractivity contribution in [3.8, 4) is 0 Å². The van der Waals surface area contributed by atoms with Gasteiger partial charge < -0.3 is 15.0 Å². The number of piperidine rings is 1. The number of ether oxygens (including phenoxy) is 1. The van der Waals surface area contributed by atoms with Crippen LogP contribution in [0.15, 0.2) is 16.8 Å². The molecule has 2 rings (SSSR count). The highest BCUT2D eigenvalue weighted by Gasteiger charge is 2.25. The largest absolute Gasteiger partial charge is 0.444 e. The molecule has 1 aliphatic rings.